The number of nitrogens with zero attached hydrogens (tertiary/aromatic N) is 7. The van der Waals surface area contributed by atoms with Gasteiger partial charge in [0.2, 0.25) is 11.8 Å². The number of likely N-dealkylation sites (N-methyl/N-ethyl adjacent to an activating group) is 1. The number of H-pyrrole nitrogens is 2. The standard InChI is InChI=1S/C45H51F3N10O7/c1-7-25(4)36(55-43(62)64-6)40(59)57-18-8-10-34(57)38-51-23-33(54-38)28-16-17-29-30(20-28)49-21-31(52-29)26-12-14-27(15-13-26)32-22-50-39(53-32)35-11-9-19-58(35)41(60)37(24(2)3)56(5)44(63)65-42(61)45(46,47)48/h12-17,20-25,34-37H,7-11,18-19H2,1-6H3,(H,50,53)(H,51,54)(H,55,62)/t25-,34-,35-,36-,37-/m0/s1. The molecule has 0 saturated carbocycles. The molecule has 0 spiro atoms. The first kappa shape index (κ1) is 46.1. The number of carbonyl (C=O) groups excluding carboxylic acids is 5. The summed E-state index contributed by atoms with van der Waals surface area (Å²) in [4.78, 5) is 93.2. The van der Waals surface area contributed by atoms with Gasteiger partial charge in [-0.15, -0.1) is 0 Å². The number of halogens is 3. The van der Waals surface area contributed by atoms with Crippen LogP contribution in [0.5, 0.6) is 0 Å². The van der Waals surface area contributed by atoms with E-state index >= 15 is 0 Å². The van der Waals surface area contributed by atoms with Gasteiger partial charge in [0.25, 0.3) is 0 Å². The van der Waals surface area contributed by atoms with E-state index in [1.165, 1.54) is 7.11 Å². The van der Waals surface area contributed by atoms with E-state index in [4.69, 9.17) is 19.7 Å². The molecule has 5 aromatic rings. The molecule has 20 heteroatoms. The normalized spacial score (nSPS) is 17.8. The predicted molar refractivity (Wildman–Crippen MR) is 230 cm³/mol. The second kappa shape index (κ2) is 19.1. The zero-order valence-corrected chi connectivity index (χ0v) is 36.8. The molecular weight excluding hydrogens is 850 g/mol. The number of alkyl halides is 3. The van der Waals surface area contributed by atoms with Crippen LogP contribution >= 0.6 is 0 Å². The van der Waals surface area contributed by atoms with Crippen molar-refractivity contribution in [2.75, 3.05) is 27.2 Å². The third-order valence-electron chi connectivity index (χ3n) is 12.2. The number of likely N-dealkylation sites (tertiary alicyclic amines) is 2. The van der Waals surface area contributed by atoms with E-state index in [0.29, 0.717) is 66.4 Å². The van der Waals surface area contributed by atoms with Crippen LogP contribution in [0.1, 0.15) is 83.5 Å². The first-order chi connectivity index (χ1) is 31.0. The van der Waals surface area contributed by atoms with Crippen molar-refractivity contribution in [3.05, 3.63) is 72.7 Å². The van der Waals surface area contributed by atoms with Crippen LogP contribution in [0.15, 0.2) is 61.1 Å². The van der Waals surface area contributed by atoms with E-state index in [0.717, 1.165) is 47.2 Å². The van der Waals surface area contributed by atoms with Crippen molar-refractivity contribution in [2.45, 2.75) is 90.1 Å². The average Bonchev–Trinajstić information content (AvgIpc) is 4.14. The van der Waals surface area contributed by atoms with Crippen molar-refractivity contribution in [3.8, 4) is 33.8 Å². The molecule has 3 aromatic heterocycles. The van der Waals surface area contributed by atoms with Gasteiger partial charge >= 0.3 is 24.3 Å². The van der Waals surface area contributed by atoms with Gasteiger partial charge in [-0.3, -0.25) is 19.5 Å². The van der Waals surface area contributed by atoms with E-state index in [9.17, 15) is 37.1 Å². The van der Waals surface area contributed by atoms with Gasteiger partial charge < -0.3 is 34.6 Å². The van der Waals surface area contributed by atoms with Crippen LogP contribution in [0.2, 0.25) is 0 Å². The zero-order valence-electron chi connectivity index (χ0n) is 36.8. The van der Waals surface area contributed by atoms with E-state index in [-0.39, 0.29) is 17.9 Å². The highest BCUT2D eigenvalue weighted by atomic mass is 19.4. The number of aromatic nitrogens is 6. The number of hydrogen-bond acceptors (Lipinski definition) is 11. The van der Waals surface area contributed by atoms with Crippen molar-refractivity contribution in [1.82, 2.24) is 49.9 Å². The Kier molecular flexibility index (Phi) is 13.5. The van der Waals surface area contributed by atoms with E-state index < -0.39 is 54.3 Å². The van der Waals surface area contributed by atoms with Crippen LogP contribution in [0, 0.1) is 11.8 Å². The van der Waals surface area contributed by atoms with Gasteiger partial charge in [-0.1, -0.05) is 64.4 Å². The van der Waals surface area contributed by atoms with Crippen molar-refractivity contribution in [2.24, 2.45) is 11.8 Å². The molecule has 344 valence electrons. The maximum atomic E-state index is 13.8. The summed E-state index contributed by atoms with van der Waals surface area (Å²) in [5.41, 5.74) is 5.86. The van der Waals surface area contributed by atoms with Gasteiger partial charge in [-0.25, -0.2) is 29.3 Å². The van der Waals surface area contributed by atoms with Gasteiger partial charge in [0.1, 0.15) is 23.7 Å². The van der Waals surface area contributed by atoms with Crippen LogP contribution in [0.3, 0.4) is 0 Å². The molecule has 2 aliphatic heterocycles. The number of esters is 1. The summed E-state index contributed by atoms with van der Waals surface area (Å²) in [7, 11) is 2.40. The fourth-order valence-electron chi connectivity index (χ4n) is 8.50. The number of hydrogen-bond donors (Lipinski definition) is 3. The number of ether oxygens (including phenoxy) is 2. The molecule has 5 atom stereocenters. The molecule has 2 aliphatic rings. The second-order valence-corrected chi connectivity index (χ2v) is 16.7. The molecular formula is C45H51F3N10O7. The van der Waals surface area contributed by atoms with Gasteiger partial charge in [-0.05, 0) is 49.7 Å². The summed E-state index contributed by atoms with van der Waals surface area (Å²) < 4.78 is 47.1. The maximum Gasteiger partial charge on any atom is 0.491 e. The Balaban J connectivity index is 1.01. The number of benzene rings is 2. The predicted octanol–water partition coefficient (Wildman–Crippen LogP) is 7.36. The Hall–Kier alpha value is -6.86. The fourth-order valence-corrected chi connectivity index (χ4v) is 8.50. The van der Waals surface area contributed by atoms with Crippen LogP contribution in [-0.4, -0.2) is 120 Å². The number of amides is 4. The van der Waals surface area contributed by atoms with E-state index in [1.54, 1.807) is 42.2 Å². The lowest BCUT2D eigenvalue weighted by Gasteiger charge is -2.34. The molecule has 7 rings (SSSR count). The summed E-state index contributed by atoms with van der Waals surface area (Å²) >= 11 is 0. The number of alkyl carbamates (subject to hydrolysis) is 1. The molecule has 0 aliphatic carbocycles. The molecule has 4 amide bonds. The Morgan fingerprint density at radius 2 is 1.48 bits per heavy atom. The number of fused-ring (bicyclic) bond motifs is 1. The molecule has 17 nitrogen and oxygen atoms in total. The fraction of sp³-hybridized carbons (Fsp3) is 0.444. The molecule has 65 heavy (non-hydrogen) atoms. The third-order valence-corrected chi connectivity index (χ3v) is 12.2. The number of carbonyl (C=O) groups is 5. The van der Waals surface area contributed by atoms with Crippen LogP contribution in [-0.2, 0) is 23.9 Å². The monoisotopic (exact) mass is 900 g/mol. The van der Waals surface area contributed by atoms with Crippen molar-refractivity contribution < 1.29 is 46.6 Å². The summed E-state index contributed by atoms with van der Waals surface area (Å²) in [6.45, 7) is 8.07. The highest BCUT2D eigenvalue weighted by molar-refractivity contribution is 5.91. The molecule has 0 unspecified atom stereocenters. The molecule has 0 radical (unpaired) electrons. The quantitative estimate of drug-likeness (QED) is 0.0833. The van der Waals surface area contributed by atoms with Crippen LogP contribution in [0.25, 0.3) is 44.8 Å². The number of rotatable bonds is 12. The number of methoxy groups -OCH3 is 1. The van der Waals surface area contributed by atoms with Gasteiger partial charge in [0, 0.05) is 43.0 Å². The summed E-state index contributed by atoms with van der Waals surface area (Å²) in [6, 6.07) is 10.7. The second-order valence-electron chi connectivity index (χ2n) is 16.7. The van der Waals surface area contributed by atoms with Crippen molar-refractivity contribution >= 4 is 41.0 Å². The number of aromatic amines is 2. The Morgan fingerprint density at radius 3 is 2.11 bits per heavy atom. The first-order valence-electron chi connectivity index (χ1n) is 21.5. The van der Waals surface area contributed by atoms with Crippen LogP contribution < -0.4 is 5.32 Å². The minimum atomic E-state index is -5.37. The van der Waals surface area contributed by atoms with Gasteiger partial charge in [0.05, 0.1) is 59.7 Å². The highest BCUT2D eigenvalue weighted by Gasteiger charge is 2.45. The largest absolute Gasteiger partial charge is 0.491 e. The maximum absolute atomic E-state index is 13.8. The SMILES string of the molecule is CC[C@H](C)[C@H](NC(=O)OC)C(=O)N1CCC[C@H]1c1ncc(-c2ccc3nc(-c4ccc(-c5c[nH]c([C@@H]6CCCN6C(=O)[C@H](C(C)C)N(C)C(=O)OC(=O)C(F)(F)F)n5)cc4)cnc3c2)[nH]1. The minimum absolute atomic E-state index is 0.0939. The lowest BCUT2D eigenvalue weighted by molar-refractivity contribution is -0.194. The van der Waals surface area contributed by atoms with E-state index in [1.807, 2.05) is 56.3 Å². The molecule has 0 bridgehead atoms. The summed E-state index contributed by atoms with van der Waals surface area (Å²) in [5, 5.41) is 2.72. The average molecular weight is 901 g/mol. The third kappa shape index (κ3) is 9.80. The molecule has 2 fully saturated rings. The van der Waals surface area contributed by atoms with E-state index in [2.05, 4.69) is 25.0 Å². The summed E-state index contributed by atoms with van der Waals surface area (Å²) in [5.74, 6) is -2.76. The Labute approximate surface area is 372 Å². The highest BCUT2D eigenvalue weighted by Crippen LogP contribution is 2.36. The minimum Gasteiger partial charge on any atom is -0.453 e. The molecule has 2 aromatic carbocycles. The molecule has 3 N–H and O–H groups in total. The van der Waals surface area contributed by atoms with Crippen LogP contribution in [0.4, 0.5) is 22.8 Å². The molecule has 2 saturated heterocycles. The van der Waals surface area contributed by atoms with Crippen molar-refractivity contribution in [3.63, 3.8) is 0 Å². The number of imidazole rings is 2. The van der Waals surface area contributed by atoms with Gasteiger partial charge in [0.15, 0.2) is 0 Å². The lowest BCUT2D eigenvalue weighted by Crippen LogP contribution is -2.52. The summed E-state index contributed by atoms with van der Waals surface area (Å²) in [6.07, 6.45) is 1.01. The smallest absolute Gasteiger partial charge is 0.453 e. The molecule has 5 heterocycles. The Bertz CT molecular complexity index is 2560. The van der Waals surface area contributed by atoms with Gasteiger partial charge in [-0.2, -0.15) is 13.2 Å². The first-order valence-corrected chi connectivity index (χ1v) is 21.5. The Morgan fingerprint density at radius 1 is 0.846 bits per heavy atom. The van der Waals surface area contributed by atoms with Crippen molar-refractivity contribution in [1.29, 1.82) is 0 Å². The number of nitrogens with one attached hydrogen (secondary N) is 3. The zero-order chi connectivity index (χ0) is 46.7. The topological polar surface area (TPSA) is 209 Å². The lowest BCUT2D eigenvalue weighted by atomic mass is 9.97.